The van der Waals surface area contributed by atoms with E-state index in [2.05, 4.69) is 25.0 Å². The molecule has 0 fully saturated rings. The highest BCUT2D eigenvalue weighted by atomic mass is 16.2. The van der Waals surface area contributed by atoms with Crippen LogP contribution in [0.25, 0.3) is 10.9 Å². The third kappa shape index (κ3) is 2.69. The molecule has 0 spiro atoms. The Morgan fingerprint density at radius 2 is 1.96 bits per heavy atom. The molecule has 0 radical (unpaired) electrons. The highest BCUT2D eigenvalue weighted by Crippen LogP contribution is 2.25. The van der Waals surface area contributed by atoms with E-state index in [1.54, 1.807) is 4.68 Å². The van der Waals surface area contributed by atoms with Gasteiger partial charge in [0.05, 0.1) is 5.69 Å². The van der Waals surface area contributed by atoms with Gasteiger partial charge in [0.25, 0.3) is 5.91 Å². The zero-order chi connectivity index (χ0) is 16.6. The minimum atomic E-state index is 0.00139. The van der Waals surface area contributed by atoms with Gasteiger partial charge in [0.15, 0.2) is 0 Å². The van der Waals surface area contributed by atoms with Crippen molar-refractivity contribution in [2.45, 2.75) is 46.6 Å². The lowest BCUT2D eigenvalue weighted by molar-refractivity contribution is 0.0874. The van der Waals surface area contributed by atoms with Crippen LogP contribution in [-0.4, -0.2) is 20.3 Å². The number of aryl methyl sites for hydroxylation is 1. The molecule has 1 aromatic carbocycles. The normalized spacial score (nSPS) is 12.7. The molecule has 0 N–H and O–H groups in total. The molecule has 0 saturated carbocycles. The number of nitrogens with zero attached hydrogens (tertiary/aromatic N) is 3. The van der Waals surface area contributed by atoms with E-state index in [1.807, 2.05) is 48.9 Å². The van der Waals surface area contributed by atoms with Crippen LogP contribution in [0.15, 0.2) is 36.5 Å². The van der Waals surface area contributed by atoms with Crippen molar-refractivity contribution in [3.05, 3.63) is 53.5 Å². The molecule has 4 heteroatoms. The summed E-state index contributed by atoms with van der Waals surface area (Å²) >= 11 is 0. The highest BCUT2D eigenvalue weighted by molar-refractivity contribution is 5.84. The summed E-state index contributed by atoms with van der Waals surface area (Å²) in [5.74, 6) is 0.422. The first kappa shape index (κ1) is 15.5. The first-order chi connectivity index (χ1) is 11.0. The van der Waals surface area contributed by atoms with Gasteiger partial charge in [0.2, 0.25) is 0 Å². The minimum Gasteiger partial charge on any atom is -0.338 e. The molecule has 2 aromatic heterocycles. The standard InChI is InChI=1S/C19H23N3O/c1-5-13(2)19-14(3)20-22(15(19)4)18(23)12-21-11-10-16-8-6-7-9-17(16)21/h6-11,13H,5,12H2,1-4H3. The SMILES string of the molecule is CCC(C)c1c(C)nn(C(=O)Cn2ccc3ccccc32)c1C. The Hall–Kier alpha value is -2.36. The van der Waals surface area contributed by atoms with Gasteiger partial charge in [-0.2, -0.15) is 5.10 Å². The van der Waals surface area contributed by atoms with Crippen molar-refractivity contribution < 1.29 is 4.79 Å². The van der Waals surface area contributed by atoms with Gasteiger partial charge in [0, 0.05) is 17.4 Å². The van der Waals surface area contributed by atoms with Gasteiger partial charge in [-0.3, -0.25) is 4.79 Å². The fourth-order valence-corrected chi connectivity index (χ4v) is 3.31. The Bertz CT molecular complexity index is 857. The summed E-state index contributed by atoms with van der Waals surface area (Å²) < 4.78 is 3.56. The van der Waals surface area contributed by atoms with Crippen molar-refractivity contribution in [2.75, 3.05) is 0 Å². The quantitative estimate of drug-likeness (QED) is 0.720. The number of hydrogen-bond acceptors (Lipinski definition) is 2. The lowest BCUT2D eigenvalue weighted by Crippen LogP contribution is -2.20. The molecule has 3 rings (SSSR count). The summed E-state index contributed by atoms with van der Waals surface area (Å²) in [6.45, 7) is 8.63. The van der Waals surface area contributed by atoms with Gasteiger partial charge < -0.3 is 4.57 Å². The monoisotopic (exact) mass is 309 g/mol. The van der Waals surface area contributed by atoms with Crippen LogP contribution in [0.2, 0.25) is 0 Å². The van der Waals surface area contributed by atoms with Gasteiger partial charge in [-0.25, -0.2) is 4.68 Å². The fraction of sp³-hybridized carbons (Fsp3) is 0.368. The van der Waals surface area contributed by atoms with Crippen LogP contribution < -0.4 is 0 Å². The van der Waals surface area contributed by atoms with Crippen LogP contribution in [0.5, 0.6) is 0 Å². The van der Waals surface area contributed by atoms with E-state index in [4.69, 9.17) is 0 Å². The van der Waals surface area contributed by atoms with Crippen molar-refractivity contribution in [1.82, 2.24) is 14.3 Å². The molecule has 23 heavy (non-hydrogen) atoms. The van der Waals surface area contributed by atoms with Gasteiger partial charge in [-0.15, -0.1) is 0 Å². The van der Waals surface area contributed by atoms with E-state index in [-0.39, 0.29) is 5.91 Å². The number of carbonyl (C=O) groups excluding carboxylic acids is 1. The number of carbonyl (C=O) groups is 1. The predicted octanol–water partition coefficient (Wildman–Crippen LogP) is 4.31. The van der Waals surface area contributed by atoms with Crippen molar-refractivity contribution >= 4 is 16.8 Å². The highest BCUT2D eigenvalue weighted by Gasteiger charge is 2.20. The lowest BCUT2D eigenvalue weighted by Gasteiger charge is -2.10. The first-order valence-electron chi connectivity index (χ1n) is 8.16. The topological polar surface area (TPSA) is 39.8 Å². The van der Waals surface area contributed by atoms with Crippen LogP contribution in [0.4, 0.5) is 0 Å². The zero-order valence-electron chi connectivity index (χ0n) is 14.2. The van der Waals surface area contributed by atoms with E-state index in [0.29, 0.717) is 12.5 Å². The smallest absolute Gasteiger partial charge is 0.267 e. The second-order valence-corrected chi connectivity index (χ2v) is 6.20. The molecule has 3 aromatic rings. The molecule has 120 valence electrons. The Morgan fingerprint density at radius 3 is 2.70 bits per heavy atom. The molecule has 0 aliphatic rings. The van der Waals surface area contributed by atoms with E-state index in [1.165, 1.54) is 5.56 Å². The van der Waals surface area contributed by atoms with E-state index >= 15 is 0 Å². The molecule has 2 heterocycles. The number of rotatable bonds is 4. The third-order valence-corrected chi connectivity index (χ3v) is 4.67. The lowest BCUT2D eigenvalue weighted by atomic mass is 9.97. The summed E-state index contributed by atoms with van der Waals surface area (Å²) in [4.78, 5) is 12.7. The van der Waals surface area contributed by atoms with Gasteiger partial charge in [0.1, 0.15) is 6.54 Å². The average Bonchev–Trinajstić information content (AvgIpc) is 3.08. The van der Waals surface area contributed by atoms with Crippen molar-refractivity contribution in [1.29, 1.82) is 0 Å². The maximum Gasteiger partial charge on any atom is 0.267 e. The van der Waals surface area contributed by atoms with E-state index in [9.17, 15) is 4.79 Å². The summed E-state index contributed by atoms with van der Waals surface area (Å²) in [7, 11) is 0. The maximum absolute atomic E-state index is 12.7. The van der Waals surface area contributed by atoms with Crippen LogP contribution in [0.3, 0.4) is 0 Å². The van der Waals surface area contributed by atoms with E-state index in [0.717, 1.165) is 28.7 Å². The maximum atomic E-state index is 12.7. The van der Waals surface area contributed by atoms with Gasteiger partial charge in [-0.1, -0.05) is 32.0 Å². The second kappa shape index (κ2) is 6.03. The largest absolute Gasteiger partial charge is 0.338 e. The Morgan fingerprint density at radius 1 is 1.22 bits per heavy atom. The number of hydrogen-bond donors (Lipinski definition) is 0. The molecular weight excluding hydrogens is 286 g/mol. The molecule has 0 amide bonds. The van der Waals surface area contributed by atoms with Crippen molar-refractivity contribution in [3.63, 3.8) is 0 Å². The van der Waals surface area contributed by atoms with Gasteiger partial charge in [-0.05, 0) is 49.3 Å². The minimum absolute atomic E-state index is 0.00139. The molecule has 1 atom stereocenters. The number of aromatic nitrogens is 3. The molecule has 4 nitrogen and oxygen atoms in total. The molecule has 0 aliphatic carbocycles. The van der Waals surface area contributed by atoms with Crippen LogP contribution in [0.1, 0.15) is 47.9 Å². The molecule has 0 aliphatic heterocycles. The first-order valence-corrected chi connectivity index (χ1v) is 8.16. The van der Waals surface area contributed by atoms with E-state index < -0.39 is 0 Å². The van der Waals surface area contributed by atoms with Crippen LogP contribution in [-0.2, 0) is 6.54 Å². The summed E-state index contributed by atoms with van der Waals surface area (Å²) in [5.41, 5.74) is 4.21. The predicted molar refractivity (Wildman–Crippen MR) is 93.0 cm³/mol. The summed E-state index contributed by atoms with van der Waals surface area (Å²) in [6, 6.07) is 10.1. The Balaban J connectivity index is 1.92. The zero-order valence-corrected chi connectivity index (χ0v) is 14.2. The number of fused-ring (bicyclic) bond motifs is 1. The third-order valence-electron chi connectivity index (χ3n) is 4.67. The van der Waals surface area contributed by atoms with Crippen LogP contribution in [0, 0.1) is 13.8 Å². The molecule has 0 bridgehead atoms. The second-order valence-electron chi connectivity index (χ2n) is 6.20. The molecule has 0 saturated heterocycles. The number of para-hydroxylation sites is 1. The van der Waals surface area contributed by atoms with Crippen molar-refractivity contribution in [2.24, 2.45) is 0 Å². The Labute approximate surface area is 136 Å². The summed E-state index contributed by atoms with van der Waals surface area (Å²) in [6.07, 6.45) is 3.01. The summed E-state index contributed by atoms with van der Waals surface area (Å²) in [5, 5.41) is 5.64. The number of benzene rings is 1. The van der Waals surface area contributed by atoms with Gasteiger partial charge >= 0.3 is 0 Å². The molecule has 1 unspecified atom stereocenters. The van der Waals surface area contributed by atoms with Crippen molar-refractivity contribution in [3.8, 4) is 0 Å². The molecular formula is C19H23N3O. The average molecular weight is 309 g/mol. The van der Waals surface area contributed by atoms with Crippen LogP contribution >= 0.6 is 0 Å². The Kier molecular flexibility index (Phi) is 4.07. The fourth-order valence-electron chi connectivity index (χ4n) is 3.31.